The predicted octanol–water partition coefficient (Wildman–Crippen LogP) is 5.25. The molecule has 4 N–H and O–H groups in total. The van der Waals surface area contributed by atoms with Crippen LogP contribution in [-0.4, -0.2) is 70.6 Å². The van der Waals surface area contributed by atoms with E-state index in [0.717, 1.165) is 27.2 Å². The zero-order valence-electron chi connectivity index (χ0n) is 25.4. The highest BCUT2D eigenvalue weighted by atomic mass is 16.6. The lowest BCUT2D eigenvalue weighted by Gasteiger charge is -2.27. The lowest BCUT2D eigenvalue weighted by Crippen LogP contribution is -2.46. The van der Waals surface area contributed by atoms with Crippen LogP contribution in [0.25, 0.3) is 11.1 Å². The quantitative estimate of drug-likeness (QED) is 0.209. The van der Waals surface area contributed by atoms with Crippen molar-refractivity contribution in [3.05, 3.63) is 59.7 Å². The van der Waals surface area contributed by atoms with Gasteiger partial charge in [0.1, 0.15) is 23.9 Å². The topological polar surface area (TPSA) is 170 Å². The van der Waals surface area contributed by atoms with Crippen LogP contribution in [0.1, 0.15) is 71.4 Å². The van der Waals surface area contributed by atoms with Gasteiger partial charge in [0.25, 0.3) is 0 Å². The lowest BCUT2D eigenvalue weighted by atomic mass is 9.98. The van der Waals surface area contributed by atoms with Crippen molar-refractivity contribution < 1.29 is 38.5 Å². The van der Waals surface area contributed by atoms with Crippen molar-refractivity contribution in [3.8, 4) is 11.1 Å². The number of nitrogens with one attached hydrogen (secondary N) is 1. The van der Waals surface area contributed by atoms with E-state index in [0.29, 0.717) is 0 Å². The molecule has 3 rings (SSSR count). The zero-order chi connectivity index (χ0) is 31.9. The number of carbonyl (C=O) groups is 4. The Morgan fingerprint density at radius 2 is 1.47 bits per heavy atom. The van der Waals surface area contributed by atoms with Crippen molar-refractivity contribution in [2.45, 2.75) is 77.5 Å². The van der Waals surface area contributed by atoms with E-state index >= 15 is 0 Å². The molecule has 1 unspecified atom stereocenters. The third-order valence-electron chi connectivity index (χ3n) is 6.30. The number of carboxylic acid groups (broad SMARTS) is 1. The number of aliphatic carboxylic acids is 1. The molecule has 232 valence electrons. The number of fused-ring (bicyclic) bond motifs is 3. The number of nitrogens with two attached hydrogens (primary N) is 1. The number of carboxylic acids is 1. The Labute approximate surface area is 251 Å². The fourth-order valence-corrected chi connectivity index (χ4v) is 4.55. The molecule has 12 nitrogen and oxygen atoms in total. The fourth-order valence-electron chi connectivity index (χ4n) is 4.55. The molecule has 0 bridgehead atoms. The maximum Gasteiger partial charge on any atom is 0.437 e. The summed E-state index contributed by atoms with van der Waals surface area (Å²) in [7, 11) is 0. The van der Waals surface area contributed by atoms with Crippen LogP contribution in [0, 0.1) is 0 Å². The highest BCUT2D eigenvalue weighted by Gasteiger charge is 2.31. The highest BCUT2D eigenvalue weighted by molar-refractivity contribution is 5.98. The number of aliphatic imine (C=N–C) groups is 1. The van der Waals surface area contributed by atoms with Crippen molar-refractivity contribution >= 4 is 30.2 Å². The molecule has 2 aromatic rings. The largest absolute Gasteiger partial charge is 0.480 e. The van der Waals surface area contributed by atoms with Crippen molar-refractivity contribution in [2.24, 2.45) is 10.7 Å². The third-order valence-corrected chi connectivity index (χ3v) is 6.30. The molecule has 12 heteroatoms. The Morgan fingerprint density at radius 1 is 0.930 bits per heavy atom. The Morgan fingerprint density at radius 3 is 1.98 bits per heavy atom. The number of hydrogen-bond acceptors (Lipinski definition) is 7. The number of benzene rings is 2. The van der Waals surface area contributed by atoms with Crippen LogP contribution in [0.15, 0.2) is 53.5 Å². The maximum absolute atomic E-state index is 12.8. The Bertz CT molecular complexity index is 1330. The van der Waals surface area contributed by atoms with Gasteiger partial charge in [-0.2, -0.15) is 0 Å². The first-order valence-electron chi connectivity index (χ1n) is 14.0. The first-order chi connectivity index (χ1) is 20.1. The van der Waals surface area contributed by atoms with Crippen LogP contribution >= 0.6 is 0 Å². The first kappa shape index (κ1) is 32.9. The molecule has 1 atom stereocenters. The SMILES string of the molecule is CC(C)(C)OC(=O)N=C(N)N(CCCC(NC(=O)OCC1c2ccccc2-c2ccccc21)C(=O)O)C(=O)OC(C)(C)C. The summed E-state index contributed by atoms with van der Waals surface area (Å²) >= 11 is 0. The Hall–Kier alpha value is -4.61. The van der Waals surface area contributed by atoms with Gasteiger partial charge in [-0.25, -0.2) is 24.1 Å². The van der Waals surface area contributed by atoms with Gasteiger partial charge in [0, 0.05) is 12.5 Å². The number of carbonyl (C=O) groups excluding carboxylic acids is 3. The minimum absolute atomic E-state index is 0.0241. The third kappa shape index (κ3) is 9.45. The Kier molecular flexibility index (Phi) is 10.4. The van der Waals surface area contributed by atoms with Gasteiger partial charge in [0.05, 0.1) is 0 Å². The second-order valence-corrected chi connectivity index (χ2v) is 12.1. The summed E-state index contributed by atoms with van der Waals surface area (Å²) in [5, 5.41) is 12.1. The monoisotopic (exact) mass is 596 g/mol. The van der Waals surface area contributed by atoms with E-state index in [2.05, 4.69) is 10.3 Å². The number of rotatable bonds is 8. The average Bonchev–Trinajstić information content (AvgIpc) is 3.20. The van der Waals surface area contributed by atoms with Crippen LogP contribution in [0.4, 0.5) is 14.4 Å². The van der Waals surface area contributed by atoms with Gasteiger partial charge >= 0.3 is 24.2 Å². The first-order valence-corrected chi connectivity index (χ1v) is 14.0. The maximum atomic E-state index is 12.8. The molecule has 0 spiro atoms. The van der Waals surface area contributed by atoms with E-state index in [1.165, 1.54) is 0 Å². The Balaban J connectivity index is 1.62. The molecule has 0 heterocycles. The summed E-state index contributed by atoms with van der Waals surface area (Å²) in [4.78, 5) is 54.2. The molecule has 0 aliphatic heterocycles. The lowest BCUT2D eigenvalue weighted by molar-refractivity contribution is -0.139. The minimum Gasteiger partial charge on any atom is -0.480 e. The summed E-state index contributed by atoms with van der Waals surface area (Å²) in [6.45, 7) is 9.79. The highest BCUT2D eigenvalue weighted by Crippen LogP contribution is 2.44. The second-order valence-electron chi connectivity index (χ2n) is 12.1. The summed E-state index contributed by atoms with van der Waals surface area (Å²) in [6.07, 6.45) is -2.79. The number of nitrogens with zero attached hydrogens (tertiary/aromatic N) is 2. The number of guanidine groups is 1. The minimum atomic E-state index is -1.32. The fraction of sp³-hybridized carbons (Fsp3) is 0.452. The van der Waals surface area contributed by atoms with E-state index in [-0.39, 0.29) is 31.9 Å². The molecule has 2 aromatic carbocycles. The van der Waals surface area contributed by atoms with E-state index in [9.17, 15) is 24.3 Å². The van der Waals surface area contributed by atoms with Crippen molar-refractivity contribution in [3.63, 3.8) is 0 Å². The molecule has 0 radical (unpaired) electrons. The van der Waals surface area contributed by atoms with Crippen LogP contribution < -0.4 is 11.1 Å². The van der Waals surface area contributed by atoms with E-state index in [1.807, 2.05) is 48.5 Å². The van der Waals surface area contributed by atoms with Gasteiger partial charge in [-0.15, -0.1) is 4.99 Å². The number of ether oxygens (including phenoxy) is 3. The standard InChI is InChI=1S/C31H40N4O8/c1-30(2,3)42-28(39)34-26(32)35(29(40)43-31(4,5)6)17-11-16-24(25(36)37)33-27(38)41-18-23-21-14-9-7-12-19(21)20-13-8-10-15-22(20)23/h7-10,12-15,23-24H,11,16-18H2,1-6H3,(H,33,38)(H,36,37)(H2,32,34,39). The van der Waals surface area contributed by atoms with Crippen molar-refractivity contribution in [2.75, 3.05) is 13.2 Å². The van der Waals surface area contributed by atoms with Crippen LogP contribution in [0.2, 0.25) is 0 Å². The second kappa shape index (κ2) is 13.6. The van der Waals surface area contributed by atoms with E-state index in [4.69, 9.17) is 19.9 Å². The van der Waals surface area contributed by atoms with Crippen LogP contribution in [0.3, 0.4) is 0 Å². The molecule has 0 saturated carbocycles. The summed E-state index contributed by atoms with van der Waals surface area (Å²) in [6, 6.07) is 14.4. The van der Waals surface area contributed by atoms with Crippen LogP contribution in [0.5, 0.6) is 0 Å². The normalized spacial score (nSPS) is 13.8. The molecule has 1 aliphatic carbocycles. The van der Waals surface area contributed by atoms with Crippen LogP contribution in [-0.2, 0) is 19.0 Å². The number of alkyl carbamates (subject to hydrolysis) is 1. The van der Waals surface area contributed by atoms with Crippen molar-refractivity contribution in [1.29, 1.82) is 0 Å². The molecule has 0 fully saturated rings. The summed E-state index contributed by atoms with van der Waals surface area (Å²) in [5.41, 5.74) is 8.43. The van der Waals surface area contributed by atoms with Gasteiger partial charge in [0.15, 0.2) is 0 Å². The molecule has 43 heavy (non-hydrogen) atoms. The van der Waals surface area contributed by atoms with Gasteiger partial charge < -0.3 is 30.4 Å². The zero-order valence-corrected chi connectivity index (χ0v) is 25.4. The molecular weight excluding hydrogens is 556 g/mol. The smallest absolute Gasteiger partial charge is 0.437 e. The summed E-state index contributed by atoms with van der Waals surface area (Å²) in [5.74, 6) is -1.94. The van der Waals surface area contributed by atoms with Gasteiger partial charge in [-0.3, -0.25) is 0 Å². The predicted molar refractivity (Wildman–Crippen MR) is 160 cm³/mol. The van der Waals surface area contributed by atoms with Crippen molar-refractivity contribution in [1.82, 2.24) is 10.2 Å². The van der Waals surface area contributed by atoms with Gasteiger partial charge in [-0.05, 0) is 76.6 Å². The summed E-state index contributed by atoms with van der Waals surface area (Å²) < 4.78 is 16.0. The van der Waals surface area contributed by atoms with Gasteiger partial charge in [-0.1, -0.05) is 48.5 Å². The average molecular weight is 597 g/mol. The molecular formula is C31H40N4O8. The molecule has 0 saturated heterocycles. The molecule has 0 aromatic heterocycles. The molecule has 3 amide bonds. The van der Waals surface area contributed by atoms with Gasteiger partial charge in [0.2, 0.25) is 5.96 Å². The van der Waals surface area contributed by atoms with E-state index < -0.39 is 47.5 Å². The number of hydrogen-bond donors (Lipinski definition) is 3. The molecule has 1 aliphatic rings. The van der Waals surface area contributed by atoms with E-state index in [1.54, 1.807) is 41.5 Å². The number of amides is 3.